The van der Waals surface area contributed by atoms with Crippen molar-refractivity contribution in [3.63, 3.8) is 0 Å². The van der Waals surface area contributed by atoms with E-state index in [9.17, 15) is 0 Å². The summed E-state index contributed by atoms with van der Waals surface area (Å²) in [5, 5.41) is 4.58. The summed E-state index contributed by atoms with van der Waals surface area (Å²) in [7, 11) is 1.74. The summed E-state index contributed by atoms with van der Waals surface area (Å²) in [4.78, 5) is 15.7. The van der Waals surface area contributed by atoms with Crippen LogP contribution in [0.4, 0.5) is 5.82 Å². The quantitative estimate of drug-likeness (QED) is 0.292. The molecule has 0 radical (unpaired) electrons. The number of furan rings is 1. The number of nitrogens with two attached hydrogens (primary N) is 1. The van der Waals surface area contributed by atoms with Crippen molar-refractivity contribution in [3.05, 3.63) is 71.1 Å². The number of fused-ring (bicyclic) bond motifs is 1. The maximum absolute atomic E-state index is 5.69. The SMILES string of the molecule is CN=C/C(=C\N)c1ccc(CCCNc2nc(-c3ccoc3)nc3sc(C)cc23)cc1. The van der Waals surface area contributed by atoms with Crippen LogP contribution in [0.25, 0.3) is 27.2 Å². The average molecular weight is 432 g/mol. The lowest BCUT2D eigenvalue weighted by Crippen LogP contribution is -2.06. The molecule has 3 heterocycles. The second-order valence-electron chi connectivity index (χ2n) is 7.22. The summed E-state index contributed by atoms with van der Waals surface area (Å²) in [5.74, 6) is 1.55. The zero-order chi connectivity index (χ0) is 21.6. The van der Waals surface area contributed by atoms with E-state index in [0.717, 1.165) is 52.1 Å². The highest BCUT2D eigenvalue weighted by Gasteiger charge is 2.12. The Morgan fingerprint density at radius 2 is 2.06 bits per heavy atom. The minimum atomic E-state index is 0.681. The number of allylic oxidation sites excluding steroid dienone is 1. The van der Waals surface area contributed by atoms with E-state index in [2.05, 4.69) is 47.6 Å². The number of anilines is 1. The van der Waals surface area contributed by atoms with Gasteiger partial charge in [0, 0.05) is 36.5 Å². The zero-order valence-electron chi connectivity index (χ0n) is 17.6. The predicted molar refractivity (Wildman–Crippen MR) is 130 cm³/mol. The monoisotopic (exact) mass is 431 g/mol. The highest BCUT2D eigenvalue weighted by atomic mass is 32.1. The molecule has 4 aromatic rings. The number of rotatable bonds is 8. The summed E-state index contributed by atoms with van der Waals surface area (Å²) in [6, 6.07) is 12.5. The highest BCUT2D eigenvalue weighted by Crippen LogP contribution is 2.31. The molecule has 0 spiro atoms. The third kappa shape index (κ3) is 4.83. The van der Waals surface area contributed by atoms with Gasteiger partial charge in [0.2, 0.25) is 0 Å². The molecule has 31 heavy (non-hydrogen) atoms. The molecular weight excluding hydrogens is 406 g/mol. The van der Waals surface area contributed by atoms with Gasteiger partial charge in [-0.2, -0.15) is 0 Å². The Balaban J connectivity index is 1.42. The molecule has 0 aliphatic rings. The molecule has 0 atom stereocenters. The van der Waals surface area contributed by atoms with Gasteiger partial charge in [-0.3, -0.25) is 4.99 Å². The lowest BCUT2D eigenvalue weighted by Gasteiger charge is -2.09. The number of aryl methyl sites for hydroxylation is 2. The fourth-order valence-electron chi connectivity index (χ4n) is 3.41. The fourth-order valence-corrected chi connectivity index (χ4v) is 4.29. The zero-order valence-corrected chi connectivity index (χ0v) is 18.4. The van der Waals surface area contributed by atoms with Crippen LogP contribution in [0.5, 0.6) is 0 Å². The van der Waals surface area contributed by atoms with Gasteiger partial charge in [-0.15, -0.1) is 11.3 Å². The molecule has 7 heteroatoms. The Bertz CT molecular complexity index is 1210. The van der Waals surface area contributed by atoms with E-state index in [4.69, 9.17) is 20.1 Å². The predicted octanol–water partition coefficient (Wildman–Crippen LogP) is 5.30. The molecule has 158 valence electrons. The normalized spacial score (nSPS) is 12.1. The maximum atomic E-state index is 5.69. The number of benzene rings is 1. The van der Waals surface area contributed by atoms with E-state index in [1.807, 2.05) is 6.07 Å². The summed E-state index contributed by atoms with van der Waals surface area (Å²) in [6.45, 7) is 2.92. The van der Waals surface area contributed by atoms with Gasteiger partial charge >= 0.3 is 0 Å². The van der Waals surface area contributed by atoms with Gasteiger partial charge in [0.25, 0.3) is 0 Å². The molecule has 0 unspecified atom stereocenters. The first-order valence-corrected chi connectivity index (χ1v) is 11.0. The topological polar surface area (TPSA) is 89.3 Å². The number of nitrogens with zero attached hydrogens (tertiary/aromatic N) is 3. The number of hydrogen-bond donors (Lipinski definition) is 2. The highest BCUT2D eigenvalue weighted by molar-refractivity contribution is 7.18. The van der Waals surface area contributed by atoms with Crippen molar-refractivity contribution in [1.82, 2.24) is 9.97 Å². The lowest BCUT2D eigenvalue weighted by molar-refractivity contribution is 0.568. The van der Waals surface area contributed by atoms with Crippen molar-refractivity contribution in [3.8, 4) is 11.4 Å². The number of hydrogen-bond acceptors (Lipinski definition) is 7. The first-order valence-electron chi connectivity index (χ1n) is 10.2. The Labute approximate surface area is 185 Å². The molecule has 3 aromatic heterocycles. The van der Waals surface area contributed by atoms with Crippen molar-refractivity contribution < 1.29 is 4.42 Å². The van der Waals surface area contributed by atoms with Crippen molar-refractivity contribution in [2.24, 2.45) is 10.7 Å². The van der Waals surface area contributed by atoms with Gasteiger partial charge in [-0.1, -0.05) is 24.3 Å². The number of thiophene rings is 1. The van der Waals surface area contributed by atoms with E-state index in [-0.39, 0.29) is 0 Å². The average Bonchev–Trinajstić information content (AvgIpc) is 3.44. The summed E-state index contributed by atoms with van der Waals surface area (Å²) in [6.07, 6.45) is 8.63. The first-order chi connectivity index (χ1) is 15.2. The van der Waals surface area contributed by atoms with E-state index < -0.39 is 0 Å². The van der Waals surface area contributed by atoms with Crippen LogP contribution < -0.4 is 11.1 Å². The van der Waals surface area contributed by atoms with Crippen molar-refractivity contribution in [1.29, 1.82) is 0 Å². The van der Waals surface area contributed by atoms with Gasteiger partial charge in [0.05, 0.1) is 17.2 Å². The Kier molecular flexibility index (Phi) is 6.43. The number of nitrogens with one attached hydrogen (secondary N) is 1. The summed E-state index contributed by atoms with van der Waals surface area (Å²) in [5.41, 5.74) is 9.85. The maximum Gasteiger partial charge on any atom is 0.166 e. The van der Waals surface area contributed by atoms with Crippen LogP contribution in [-0.2, 0) is 6.42 Å². The second kappa shape index (κ2) is 9.57. The van der Waals surface area contributed by atoms with Crippen molar-refractivity contribution >= 4 is 39.2 Å². The molecule has 0 aliphatic carbocycles. The Morgan fingerprint density at radius 1 is 1.23 bits per heavy atom. The number of aliphatic imine (C=N–C) groups is 1. The van der Waals surface area contributed by atoms with E-state index >= 15 is 0 Å². The van der Waals surface area contributed by atoms with E-state index in [0.29, 0.717) is 5.82 Å². The molecule has 0 saturated carbocycles. The smallest absolute Gasteiger partial charge is 0.166 e. The summed E-state index contributed by atoms with van der Waals surface area (Å²) >= 11 is 1.68. The minimum absolute atomic E-state index is 0.681. The minimum Gasteiger partial charge on any atom is -0.472 e. The van der Waals surface area contributed by atoms with Gasteiger partial charge in [0.15, 0.2) is 5.82 Å². The lowest BCUT2D eigenvalue weighted by atomic mass is 10.0. The number of aromatic nitrogens is 2. The van der Waals surface area contributed by atoms with Crippen LogP contribution in [-0.4, -0.2) is 29.8 Å². The molecule has 0 bridgehead atoms. The van der Waals surface area contributed by atoms with Crippen LogP contribution in [0, 0.1) is 6.92 Å². The van der Waals surface area contributed by atoms with Gasteiger partial charge < -0.3 is 15.5 Å². The third-order valence-corrected chi connectivity index (χ3v) is 5.91. The third-order valence-electron chi connectivity index (χ3n) is 4.97. The van der Waals surface area contributed by atoms with Gasteiger partial charge in [0.1, 0.15) is 16.9 Å². The largest absolute Gasteiger partial charge is 0.472 e. The summed E-state index contributed by atoms with van der Waals surface area (Å²) < 4.78 is 5.20. The molecular formula is C24H25N5OS. The fraction of sp³-hybridized carbons (Fsp3) is 0.208. The molecule has 0 fully saturated rings. The van der Waals surface area contributed by atoms with Crippen LogP contribution in [0.15, 0.2) is 64.5 Å². The van der Waals surface area contributed by atoms with Crippen molar-refractivity contribution in [2.45, 2.75) is 19.8 Å². The molecule has 4 rings (SSSR count). The molecule has 0 amide bonds. The molecule has 0 aliphatic heterocycles. The van der Waals surface area contributed by atoms with Crippen LogP contribution >= 0.6 is 11.3 Å². The van der Waals surface area contributed by atoms with E-state index in [1.165, 1.54) is 10.4 Å². The Hall–Kier alpha value is -3.45. The van der Waals surface area contributed by atoms with Crippen LogP contribution in [0.2, 0.25) is 0 Å². The van der Waals surface area contributed by atoms with E-state index in [1.54, 1.807) is 43.3 Å². The van der Waals surface area contributed by atoms with Crippen molar-refractivity contribution in [2.75, 3.05) is 18.9 Å². The van der Waals surface area contributed by atoms with Crippen LogP contribution in [0.1, 0.15) is 22.4 Å². The first kappa shape index (κ1) is 20.8. The van der Waals surface area contributed by atoms with Crippen LogP contribution in [0.3, 0.4) is 0 Å². The molecule has 1 aromatic carbocycles. The molecule has 6 nitrogen and oxygen atoms in total. The second-order valence-corrected chi connectivity index (χ2v) is 8.46. The molecule has 3 N–H and O–H groups in total. The van der Waals surface area contributed by atoms with Gasteiger partial charge in [-0.05, 0) is 43.0 Å². The Morgan fingerprint density at radius 3 is 2.77 bits per heavy atom. The molecule has 0 saturated heterocycles. The van der Waals surface area contributed by atoms with Gasteiger partial charge in [-0.25, -0.2) is 9.97 Å². The standard InChI is InChI=1S/C24H25N5OS/c1-16-12-21-23(28-22(29-24(21)31-16)19-9-11-30-15-19)27-10-3-4-17-5-7-18(8-6-17)20(13-25)14-26-2/h5-9,11-15H,3-4,10,25H2,1-2H3,(H,27,28,29)/b20-13+,26-14?.